The number of carbonyl (C=O) groups excluding carboxylic acids is 2. The van der Waals surface area contributed by atoms with Crippen molar-refractivity contribution < 1.29 is 9.59 Å². The molecule has 0 unspecified atom stereocenters. The number of amides is 2. The van der Waals surface area contributed by atoms with Crippen molar-refractivity contribution in [3.63, 3.8) is 0 Å². The molecule has 2 aliphatic heterocycles. The molecule has 2 saturated heterocycles. The Kier molecular flexibility index (Phi) is 5.86. The summed E-state index contributed by atoms with van der Waals surface area (Å²) in [5.74, 6) is 0.238. The van der Waals surface area contributed by atoms with Gasteiger partial charge in [-0.25, -0.2) is 0 Å². The molecular formula is C19H27N3O2. The van der Waals surface area contributed by atoms with Crippen LogP contribution in [0.25, 0.3) is 0 Å². The first-order chi connectivity index (χ1) is 11.7. The molecule has 3 rings (SSSR count). The lowest BCUT2D eigenvalue weighted by Crippen LogP contribution is -2.51. The van der Waals surface area contributed by atoms with E-state index in [1.165, 1.54) is 45.2 Å². The summed E-state index contributed by atoms with van der Waals surface area (Å²) in [6, 6.07) is 9.61. The van der Waals surface area contributed by atoms with Gasteiger partial charge in [0.25, 0.3) is 5.91 Å². The largest absolute Gasteiger partial charge is 0.354 e. The molecule has 5 heteroatoms. The molecule has 2 amide bonds. The van der Waals surface area contributed by atoms with Gasteiger partial charge in [0.05, 0.1) is 6.54 Å². The minimum Gasteiger partial charge on any atom is -0.354 e. The van der Waals surface area contributed by atoms with Crippen molar-refractivity contribution >= 4 is 11.8 Å². The summed E-state index contributed by atoms with van der Waals surface area (Å²) in [5.41, 5.74) is 0.579. The van der Waals surface area contributed by atoms with Gasteiger partial charge in [0, 0.05) is 18.2 Å². The topological polar surface area (TPSA) is 61.4 Å². The molecule has 0 saturated carbocycles. The molecule has 0 spiro atoms. The zero-order valence-corrected chi connectivity index (χ0v) is 14.2. The van der Waals surface area contributed by atoms with Crippen molar-refractivity contribution in [2.24, 2.45) is 5.92 Å². The Labute approximate surface area is 143 Å². The molecule has 0 aromatic heterocycles. The highest BCUT2D eigenvalue weighted by molar-refractivity contribution is 5.96. The van der Waals surface area contributed by atoms with Gasteiger partial charge in [-0.15, -0.1) is 0 Å². The first kappa shape index (κ1) is 17.0. The number of piperidine rings is 2. The van der Waals surface area contributed by atoms with E-state index in [0.29, 0.717) is 17.5 Å². The fraction of sp³-hybridized carbons (Fsp3) is 0.579. The second kappa shape index (κ2) is 8.29. The molecule has 0 radical (unpaired) electrons. The molecule has 1 aromatic rings. The van der Waals surface area contributed by atoms with Crippen LogP contribution in [-0.2, 0) is 4.79 Å². The smallest absolute Gasteiger partial charge is 0.251 e. The number of hydrogen-bond acceptors (Lipinski definition) is 3. The molecule has 2 N–H and O–H groups in total. The lowest BCUT2D eigenvalue weighted by atomic mass is 9.83. The maximum atomic E-state index is 12.0. The number of rotatable bonds is 5. The van der Waals surface area contributed by atoms with Crippen LogP contribution in [-0.4, -0.2) is 48.9 Å². The number of benzene rings is 1. The van der Waals surface area contributed by atoms with E-state index in [0.717, 1.165) is 6.54 Å². The Hall–Kier alpha value is -1.88. The van der Waals surface area contributed by atoms with Gasteiger partial charge < -0.3 is 15.5 Å². The predicted molar refractivity (Wildman–Crippen MR) is 93.7 cm³/mol. The molecule has 24 heavy (non-hydrogen) atoms. The van der Waals surface area contributed by atoms with Crippen LogP contribution in [0.4, 0.5) is 0 Å². The number of fused-ring (bicyclic) bond motifs is 1. The number of carbonyl (C=O) groups is 2. The van der Waals surface area contributed by atoms with Crippen LogP contribution in [0.15, 0.2) is 30.3 Å². The summed E-state index contributed by atoms with van der Waals surface area (Å²) in [6.45, 7) is 3.18. The molecule has 130 valence electrons. The van der Waals surface area contributed by atoms with Crippen LogP contribution < -0.4 is 10.6 Å². The Morgan fingerprint density at radius 2 is 1.79 bits per heavy atom. The van der Waals surface area contributed by atoms with E-state index in [4.69, 9.17) is 0 Å². The normalized spacial score (nSPS) is 24.0. The minimum absolute atomic E-state index is 0.0365. The average molecular weight is 329 g/mol. The first-order valence-electron chi connectivity index (χ1n) is 9.08. The van der Waals surface area contributed by atoms with Gasteiger partial charge in [-0.1, -0.05) is 24.6 Å². The minimum atomic E-state index is -0.207. The van der Waals surface area contributed by atoms with Crippen molar-refractivity contribution in [2.75, 3.05) is 26.2 Å². The summed E-state index contributed by atoms with van der Waals surface area (Å²) in [7, 11) is 0. The van der Waals surface area contributed by atoms with Crippen molar-refractivity contribution in [1.82, 2.24) is 15.5 Å². The average Bonchev–Trinajstić information content (AvgIpc) is 2.65. The van der Waals surface area contributed by atoms with Crippen LogP contribution in [0.3, 0.4) is 0 Å². The summed E-state index contributed by atoms with van der Waals surface area (Å²) in [4.78, 5) is 26.6. The first-order valence-corrected chi connectivity index (χ1v) is 9.08. The van der Waals surface area contributed by atoms with Crippen molar-refractivity contribution in [2.45, 2.75) is 38.1 Å². The highest BCUT2D eigenvalue weighted by Crippen LogP contribution is 2.30. The Morgan fingerprint density at radius 3 is 2.62 bits per heavy atom. The van der Waals surface area contributed by atoms with Gasteiger partial charge in [-0.05, 0) is 56.8 Å². The maximum Gasteiger partial charge on any atom is 0.251 e. The van der Waals surface area contributed by atoms with Crippen LogP contribution in [0.1, 0.15) is 42.5 Å². The third-order valence-electron chi connectivity index (χ3n) is 5.24. The highest BCUT2D eigenvalue weighted by atomic mass is 16.2. The molecule has 2 aliphatic rings. The zero-order chi connectivity index (χ0) is 16.8. The molecule has 2 heterocycles. The number of nitrogens with one attached hydrogen (secondary N) is 2. The summed E-state index contributed by atoms with van der Waals surface area (Å²) < 4.78 is 0. The molecule has 2 atom stereocenters. The summed E-state index contributed by atoms with van der Waals surface area (Å²) in [5, 5.41) is 5.69. The maximum absolute atomic E-state index is 12.0. The third-order valence-corrected chi connectivity index (χ3v) is 5.24. The molecule has 0 aliphatic carbocycles. The monoisotopic (exact) mass is 329 g/mol. The lowest BCUT2D eigenvalue weighted by molar-refractivity contribution is -0.120. The molecule has 5 nitrogen and oxygen atoms in total. The van der Waals surface area contributed by atoms with Gasteiger partial charge in [0.2, 0.25) is 5.91 Å². The second-order valence-electron chi connectivity index (χ2n) is 6.85. The van der Waals surface area contributed by atoms with Gasteiger partial charge in [0.15, 0.2) is 0 Å². The van der Waals surface area contributed by atoms with E-state index in [-0.39, 0.29) is 18.4 Å². The van der Waals surface area contributed by atoms with E-state index in [9.17, 15) is 9.59 Å². The van der Waals surface area contributed by atoms with E-state index >= 15 is 0 Å². The van der Waals surface area contributed by atoms with Crippen molar-refractivity contribution in [1.29, 1.82) is 0 Å². The van der Waals surface area contributed by atoms with E-state index < -0.39 is 0 Å². The van der Waals surface area contributed by atoms with Crippen LogP contribution in [0, 0.1) is 5.92 Å². The van der Waals surface area contributed by atoms with Gasteiger partial charge in [-0.2, -0.15) is 0 Å². The van der Waals surface area contributed by atoms with E-state index in [2.05, 4.69) is 15.5 Å². The zero-order valence-electron chi connectivity index (χ0n) is 14.2. The Bertz CT molecular complexity index is 559. The predicted octanol–water partition coefficient (Wildman–Crippen LogP) is 1.80. The van der Waals surface area contributed by atoms with Crippen molar-refractivity contribution in [3.8, 4) is 0 Å². The van der Waals surface area contributed by atoms with Gasteiger partial charge >= 0.3 is 0 Å². The fourth-order valence-corrected chi connectivity index (χ4v) is 3.97. The van der Waals surface area contributed by atoms with Crippen LogP contribution >= 0.6 is 0 Å². The quantitative estimate of drug-likeness (QED) is 0.866. The van der Waals surface area contributed by atoms with Gasteiger partial charge in [0.1, 0.15) is 0 Å². The van der Waals surface area contributed by atoms with E-state index in [1.54, 1.807) is 12.1 Å². The molecule has 0 bridgehead atoms. The highest BCUT2D eigenvalue weighted by Gasteiger charge is 2.32. The molecule has 1 aromatic carbocycles. The standard InChI is InChI=1S/C19H27N3O2/c23-18(14-21-19(24)15-7-2-1-3-8-15)20-13-16-9-6-12-22-11-5-4-10-17(16)22/h1-3,7-8,16-17H,4-6,9-14H2,(H,20,23)(H,21,24)/t16-,17+/m0/s1. The lowest BCUT2D eigenvalue weighted by Gasteiger charge is -2.44. The Morgan fingerprint density at radius 1 is 1.00 bits per heavy atom. The van der Waals surface area contributed by atoms with Gasteiger partial charge in [-0.3, -0.25) is 9.59 Å². The van der Waals surface area contributed by atoms with Crippen LogP contribution in [0.5, 0.6) is 0 Å². The number of hydrogen-bond donors (Lipinski definition) is 2. The summed E-state index contributed by atoms with van der Waals surface area (Å²) in [6.07, 6.45) is 6.28. The third kappa shape index (κ3) is 4.35. The Balaban J connectivity index is 1.41. The van der Waals surface area contributed by atoms with Crippen molar-refractivity contribution in [3.05, 3.63) is 35.9 Å². The van der Waals surface area contributed by atoms with E-state index in [1.807, 2.05) is 18.2 Å². The molecular weight excluding hydrogens is 302 g/mol. The number of nitrogens with zero attached hydrogens (tertiary/aromatic N) is 1. The second-order valence-corrected chi connectivity index (χ2v) is 6.85. The molecule has 2 fully saturated rings. The summed E-state index contributed by atoms with van der Waals surface area (Å²) >= 11 is 0. The fourth-order valence-electron chi connectivity index (χ4n) is 3.97. The van der Waals surface area contributed by atoms with Crippen LogP contribution in [0.2, 0.25) is 0 Å². The SMILES string of the molecule is O=C(CNC(=O)c1ccccc1)NC[C@@H]1CCCN2CCCC[C@H]12.